The molecule has 1 atom stereocenters. The van der Waals surface area contributed by atoms with E-state index in [2.05, 4.69) is 15.3 Å². The fourth-order valence-corrected chi connectivity index (χ4v) is 2.80. The largest absolute Gasteiger partial charge is 0.370 e. The van der Waals surface area contributed by atoms with E-state index in [0.29, 0.717) is 5.69 Å². The molecule has 22 heavy (non-hydrogen) atoms. The molecule has 0 bridgehead atoms. The van der Waals surface area contributed by atoms with E-state index in [4.69, 9.17) is 11.5 Å². The highest BCUT2D eigenvalue weighted by Crippen LogP contribution is 2.26. The summed E-state index contributed by atoms with van der Waals surface area (Å²) in [5.41, 5.74) is 13.4. The van der Waals surface area contributed by atoms with Crippen LogP contribution in [0, 0.1) is 13.8 Å². The number of rotatable bonds is 3. The zero-order valence-corrected chi connectivity index (χ0v) is 13.1. The van der Waals surface area contributed by atoms with Gasteiger partial charge >= 0.3 is 0 Å². The Hall–Kier alpha value is -2.35. The predicted molar refractivity (Wildman–Crippen MR) is 88.8 cm³/mol. The van der Waals surface area contributed by atoms with Gasteiger partial charge in [0.05, 0.1) is 0 Å². The Morgan fingerprint density at radius 1 is 1.36 bits per heavy atom. The first-order chi connectivity index (χ1) is 10.3. The van der Waals surface area contributed by atoms with Gasteiger partial charge in [0.2, 0.25) is 5.91 Å². The number of carbonyl (C=O) groups excluding carboxylic acids is 2. The van der Waals surface area contributed by atoms with Gasteiger partial charge in [-0.15, -0.1) is 0 Å². The van der Waals surface area contributed by atoms with Crippen molar-refractivity contribution in [1.29, 1.82) is 0 Å². The first kappa shape index (κ1) is 16.0. The maximum atomic E-state index is 12.0. The molecule has 0 aliphatic carbocycles. The van der Waals surface area contributed by atoms with Crippen LogP contribution in [0.4, 0.5) is 5.69 Å². The molecule has 0 saturated carbocycles. The van der Waals surface area contributed by atoms with Gasteiger partial charge in [-0.05, 0) is 37.1 Å². The van der Waals surface area contributed by atoms with Crippen molar-refractivity contribution in [1.82, 2.24) is 0 Å². The summed E-state index contributed by atoms with van der Waals surface area (Å²) in [7, 11) is 0. The zero-order valence-electron chi connectivity index (χ0n) is 12.3. The lowest BCUT2D eigenvalue weighted by molar-refractivity contribution is -0.121. The number of nitrogens with one attached hydrogen (secondary N) is 1. The highest BCUT2D eigenvalue weighted by atomic mass is 32.2. The van der Waals surface area contributed by atoms with Crippen molar-refractivity contribution in [2.45, 2.75) is 25.5 Å². The molecule has 1 aromatic rings. The molecule has 0 fully saturated rings. The van der Waals surface area contributed by atoms with Gasteiger partial charge in [0.1, 0.15) is 5.25 Å². The van der Waals surface area contributed by atoms with E-state index in [1.165, 1.54) is 0 Å². The Morgan fingerprint density at radius 2 is 2.09 bits per heavy atom. The highest BCUT2D eigenvalue weighted by Gasteiger charge is 2.30. The molecule has 0 aromatic heterocycles. The van der Waals surface area contributed by atoms with Crippen molar-refractivity contribution >= 4 is 40.4 Å². The van der Waals surface area contributed by atoms with Crippen LogP contribution in [0.15, 0.2) is 28.2 Å². The summed E-state index contributed by atoms with van der Waals surface area (Å²) in [6, 6.07) is 5.64. The van der Waals surface area contributed by atoms with Gasteiger partial charge in [0.15, 0.2) is 11.1 Å². The molecule has 1 aliphatic rings. The minimum absolute atomic E-state index is 0.0173. The van der Waals surface area contributed by atoms with Gasteiger partial charge in [-0.25, -0.2) is 0 Å². The summed E-state index contributed by atoms with van der Waals surface area (Å²) in [4.78, 5) is 31.2. The molecule has 7 nitrogen and oxygen atoms in total. The van der Waals surface area contributed by atoms with Gasteiger partial charge in [-0.3, -0.25) is 9.59 Å². The van der Waals surface area contributed by atoms with Crippen molar-refractivity contribution in [3.8, 4) is 0 Å². The normalized spacial score (nSPS) is 17.1. The van der Waals surface area contributed by atoms with Crippen LogP contribution in [0.3, 0.4) is 0 Å². The van der Waals surface area contributed by atoms with Crippen LogP contribution in [0.2, 0.25) is 0 Å². The van der Waals surface area contributed by atoms with Crippen molar-refractivity contribution in [2.75, 3.05) is 5.32 Å². The molecular weight excluding hydrogens is 302 g/mol. The number of aryl methyl sites for hydroxylation is 2. The fraction of sp³-hybridized carbons (Fsp3) is 0.286. The molecule has 0 radical (unpaired) electrons. The minimum Gasteiger partial charge on any atom is -0.370 e. The first-order valence-electron chi connectivity index (χ1n) is 6.61. The number of thioether (sulfide) groups is 1. The Kier molecular flexibility index (Phi) is 4.81. The fourth-order valence-electron chi connectivity index (χ4n) is 1.86. The quantitative estimate of drug-likeness (QED) is 0.564. The van der Waals surface area contributed by atoms with Crippen LogP contribution in [-0.2, 0) is 9.59 Å². The molecule has 2 amide bonds. The summed E-state index contributed by atoms with van der Waals surface area (Å²) in [5, 5.41) is 2.37. The van der Waals surface area contributed by atoms with Gasteiger partial charge in [0.25, 0.3) is 5.91 Å². The highest BCUT2D eigenvalue weighted by molar-refractivity contribution is 8.15. The first-order valence-corrected chi connectivity index (χ1v) is 7.49. The zero-order chi connectivity index (χ0) is 16.3. The molecule has 1 heterocycles. The molecule has 116 valence electrons. The van der Waals surface area contributed by atoms with E-state index in [0.717, 1.165) is 22.9 Å². The lowest BCUT2D eigenvalue weighted by Crippen LogP contribution is -2.23. The van der Waals surface area contributed by atoms with Gasteiger partial charge in [0, 0.05) is 12.1 Å². The van der Waals surface area contributed by atoms with E-state index in [1.54, 1.807) is 0 Å². The summed E-state index contributed by atoms with van der Waals surface area (Å²) in [6.45, 7) is 3.97. The van der Waals surface area contributed by atoms with Crippen LogP contribution in [0.1, 0.15) is 17.5 Å². The lowest BCUT2D eigenvalue weighted by atomic mass is 10.1. The Morgan fingerprint density at radius 3 is 2.73 bits per heavy atom. The second kappa shape index (κ2) is 6.61. The Bertz CT molecular complexity index is 680. The van der Waals surface area contributed by atoms with Crippen molar-refractivity contribution in [3.05, 3.63) is 29.3 Å². The molecule has 2 rings (SSSR count). The van der Waals surface area contributed by atoms with Crippen LogP contribution >= 0.6 is 11.8 Å². The maximum Gasteiger partial charge on any atom is 0.262 e. The second-order valence-corrected chi connectivity index (χ2v) is 6.10. The molecule has 5 N–H and O–H groups in total. The molecular formula is C14H17N5O2S. The van der Waals surface area contributed by atoms with Crippen LogP contribution in [0.25, 0.3) is 0 Å². The van der Waals surface area contributed by atoms with Gasteiger partial charge < -0.3 is 16.8 Å². The Balaban J connectivity index is 1.94. The van der Waals surface area contributed by atoms with Gasteiger partial charge in [-0.2, -0.15) is 9.98 Å². The third kappa shape index (κ3) is 4.08. The summed E-state index contributed by atoms with van der Waals surface area (Å²) < 4.78 is 0. The second-order valence-electron chi connectivity index (χ2n) is 4.93. The standard InChI is InChI=1S/C14H17N5O2S/c1-7-3-4-9(5-8(7)2)17-11(20)6-10-12(21)18-14(22-10)19-13(15)16/h3-5,10H,6H2,1-2H3,(H,17,20)(H4,15,16,18,19,21)/t10-/m1/s1. The SMILES string of the molecule is Cc1ccc(NC(=O)C[C@H]2SC(N=C(N)N)=NC2=O)cc1C. The number of hydrogen-bond donors (Lipinski definition) is 3. The number of carbonyl (C=O) groups is 2. The average Bonchev–Trinajstić information content (AvgIpc) is 2.73. The van der Waals surface area contributed by atoms with E-state index in [-0.39, 0.29) is 23.5 Å². The third-order valence-corrected chi connectivity index (χ3v) is 4.16. The number of hydrogen-bond acceptors (Lipinski definition) is 4. The summed E-state index contributed by atoms with van der Waals surface area (Å²) >= 11 is 1.08. The molecule has 1 aliphatic heterocycles. The van der Waals surface area contributed by atoms with Crippen LogP contribution in [-0.4, -0.2) is 28.2 Å². The van der Waals surface area contributed by atoms with E-state index < -0.39 is 11.2 Å². The average molecular weight is 319 g/mol. The Labute approximate surface area is 132 Å². The van der Waals surface area contributed by atoms with E-state index in [1.807, 2.05) is 32.0 Å². The summed E-state index contributed by atoms with van der Waals surface area (Å²) in [6.07, 6.45) is 0.0173. The topological polar surface area (TPSA) is 123 Å². The van der Waals surface area contributed by atoms with Crippen molar-refractivity contribution in [2.24, 2.45) is 21.5 Å². The van der Waals surface area contributed by atoms with Crippen molar-refractivity contribution < 1.29 is 9.59 Å². The lowest BCUT2D eigenvalue weighted by Gasteiger charge is -2.09. The van der Waals surface area contributed by atoms with Crippen LogP contribution in [0.5, 0.6) is 0 Å². The minimum atomic E-state index is -0.593. The van der Waals surface area contributed by atoms with Gasteiger partial charge in [-0.1, -0.05) is 17.8 Å². The molecule has 0 unspecified atom stereocenters. The number of anilines is 1. The number of amides is 2. The number of benzene rings is 1. The molecule has 1 aromatic carbocycles. The molecule has 8 heteroatoms. The van der Waals surface area contributed by atoms with Crippen LogP contribution < -0.4 is 16.8 Å². The molecule has 0 saturated heterocycles. The number of guanidine groups is 1. The smallest absolute Gasteiger partial charge is 0.262 e. The monoisotopic (exact) mass is 319 g/mol. The number of amidine groups is 1. The molecule has 0 spiro atoms. The van der Waals surface area contributed by atoms with Crippen molar-refractivity contribution in [3.63, 3.8) is 0 Å². The van der Waals surface area contributed by atoms with E-state index in [9.17, 15) is 9.59 Å². The summed E-state index contributed by atoms with van der Waals surface area (Å²) in [5.74, 6) is -0.824. The number of aliphatic imine (C=N–C) groups is 2. The predicted octanol–water partition coefficient (Wildman–Crippen LogP) is 0.903. The van der Waals surface area contributed by atoms with E-state index >= 15 is 0 Å². The number of nitrogens with two attached hydrogens (primary N) is 2. The maximum absolute atomic E-state index is 12.0. The third-order valence-electron chi connectivity index (χ3n) is 3.12. The number of nitrogens with zero attached hydrogens (tertiary/aromatic N) is 2.